The number of halogens is 2. The molecular weight excluding hydrogens is 330 g/mol. The van der Waals surface area contributed by atoms with Gasteiger partial charge in [0.2, 0.25) is 5.91 Å². The SMILES string of the molecule is C[C@H]1Cc2ccccc2N1CC(=O)Nc1ccc2c(c1)OC(F)(F)O2. The predicted octanol–water partition coefficient (Wildman–Crippen LogP) is 3.40. The van der Waals surface area contributed by atoms with E-state index in [1.807, 2.05) is 23.1 Å². The van der Waals surface area contributed by atoms with Crippen molar-refractivity contribution < 1.29 is 23.0 Å². The largest absolute Gasteiger partial charge is 0.586 e. The molecule has 1 amide bonds. The molecule has 0 radical (unpaired) electrons. The Balaban J connectivity index is 1.45. The molecule has 25 heavy (non-hydrogen) atoms. The molecule has 2 aliphatic rings. The molecule has 0 unspecified atom stereocenters. The lowest BCUT2D eigenvalue weighted by Gasteiger charge is -2.24. The average molecular weight is 346 g/mol. The molecule has 2 aliphatic heterocycles. The van der Waals surface area contributed by atoms with Gasteiger partial charge in [-0.05, 0) is 37.1 Å². The van der Waals surface area contributed by atoms with Gasteiger partial charge in [0.15, 0.2) is 11.5 Å². The molecule has 4 rings (SSSR count). The highest BCUT2D eigenvalue weighted by molar-refractivity contribution is 5.94. The molecule has 2 aromatic carbocycles. The second kappa shape index (κ2) is 5.61. The number of rotatable bonds is 3. The molecule has 0 spiro atoms. The highest BCUT2D eigenvalue weighted by Crippen LogP contribution is 2.42. The van der Waals surface area contributed by atoms with E-state index in [1.54, 1.807) is 0 Å². The zero-order chi connectivity index (χ0) is 17.6. The topological polar surface area (TPSA) is 50.8 Å². The minimum absolute atomic E-state index is 0.0508. The summed E-state index contributed by atoms with van der Waals surface area (Å²) in [5.41, 5.74) is 2.65. The van der Waals surface area contributed by atoms with Crippen LogP contribution in [-0.2, 0) is 11.2 Å². The fraction of sp³-hybridized carbons (Fsp3) is 0.278. The van der Waals surface area contributed by atoms with E-state index >= 15 is 0 Å². The number of carbonyl (C=O) groups is 1. The molecule has 2 heterocycles. The summed E-state index contributed by atoms with van der Waals surface area (Å²) < 4.78 is 34.8. The smallest absolute Gasteiger partial charge is 0.395 e. The minimum atomic E-state index is -3.67. The van der Waals surface area contributed by atoms with Crippen LogP contribution in [0, 0.1) is 0 Å². The number of para-hydroxylation sites is 1. The maximum Gasteiger partial charge on any atom is 0.586 e. The van der Waals surface area contributed by atoms with Crippen LogP contribution < -0.4 is 19.7 Å². The first-order chi connectivity index (χ1) is 11.9. The first-order valence-corrected chi connectivity index (χ1v) is 7.95. The Morgan fingerprint density at radius 3 is 2.84 bits per heavy atom. The van der Waals surface area contributed by atoms with Gasteiger partial charge in [-0.25, -0.2) is 0 Å². The molecule has 2 aromatic rings. The summed E-state index contributed by atoms with van der Waals surface area (Å²) in [5, 5.41) is 2.72. The third-order valence-electron chi connectivity index (χ3n) is 4.35. The van der Waals surface area contributed by atoms with E-state index in [-0.39, 0.29) is 30.0 Å². The van der Waals surface area contributed by atoms with Crippen LogP contribution >= 0.6 is 0 Å². The fourth-order valence-corrected chi connectivity index (χ4v) is 3.25. The number of carbonyl (C=O) groups excluding carboxylic acids is 1. The number of nitrogens with zero attached hydrogens (tertiary/aromatic N) is 1. The summed E-state index contributed by atoms with van der Waals surface area (Å²) in [6.45, 7) is 2.25. The number of nitrogens with one attached hydrogen (secondary N) is 1. The first-order valence-electron chi connectivity index (χ1n) is 7.95. The maximum absolute atomic E-state index is 13.0. The van der Waals surface area contributed by atoms with E-state index < -0.39 is 6.29 Å². The Labute approximate surface area is 143 Å². The number of fused-ring (bicyclic) bond motifs is 2. The maximum atomic E-state index is 13.0. The van der Waals surface area contributed by atoms with Crippen LogP contribution in [-0.4, -0.2) is 24.8 Å². The van der Waals surface area contributed by atoms with Crippen LogP contribution in [0.2, 0.25) is 0 Å². The van der Waals surface area contributed by atoms with E-state index in [2.05, 4.69) is 27.8 Å². The van der Waals surface area contributed by atoms with Crippen molar-refractivity contribution in [3.05, 3.63) is 48.0 Å². The van der Waals surface area contributed by atoms with Crippen molar-refractivity contribution in [1.82, 2.24) is 0 Å². The Bertz CT molecular complexity index is 841. The van der Waals surface area contributed by atoms with Crippen LogP contribution in [0.4, 0.5) is 20.2 Å². The normalized spacial score (nSPS) is 19.6. The quantitative estimate of drug-likeness (QED) is 0.926. The second-order valence-corrected chi connectivity index (χ2v) is 6.19. The molecule has 0 saturated carbocycles. The number of hydrogen-bond acceptors (Lipinski definition) is 4. The molecule has 7 heteroatoms. The zero-order valence-electron chi connectivity index (χ0n) is 13.5. The van der Waals surface area contributed by atoms with Crippen LogP contribution in [0.5, 0.6) is 11.5 Å². The summed E-state index contributed by atoms with van der Waals surface area (Å²) in [5.74, 6) is -0.373. The van der Waals surface area contributed by atoms with Crippen molar-refractivity contribution in [3.63, 3.8) is 0 Å². The van der Waals surface area contributed by atoms with Gasteiger partial charge >= 0.3 is 6.29 Å². The van der Waals surface area contributed by atoms with E-state index in [0.29, 0.717) is 5.69 Å². The summed E-state index contributed by atoms with van der Waals surface area (Å²) in [6, 6.07) is 12.4. The summed E-state index contributed by atoms with van der Waals surface area (Å²) in [4.78, 5) is 14.4. The third-order valence-corrected chi connectivity index (χ3v) is 4.35. The van der Waals surface area contributed by atoms with Crippen LogP contribution in [0.3, 0.4) is 0 Å². The highest BCUT2D eigenvalue weighted by atomic mass is 19.3. The summed E-state index contributed by atoms with van der Waals surface area (Å²) in [7, 11) is 0. The molecule has 0 aromatic heterocycles. The molecule has 130 valence electrons. The van der Waals surface area contributed by atoms with E-state index in [4.69, 9.17) is 0 Å². The zero-order valence-corrected chi connectivity index (χ0v) is 13.5. The van der Waals surface area contributed by atoms with Crippen molar-refractivity contribution in [2.45, 2.75) is 25.7 Å². The Hall–Kier alpha value is -2.83. The first kappa shape index (κ1) is 15.7. The second-order valence-electron chi connectivity index (χ2n) is 6.19. The lowest BCUT2D eigenvalue weighted by atomic mass is 10.1. The summed E-state index contributed by atoms with van der Waals surface area (Å²) in [6.07, 6.45) is -2.78. The monoisotopic (exact) mass is 346 g/mol. The van der Waals surface area contributed by atoms with Gasteiger partial charge in [0, 0.05) is 23.5 Å². The van der Waals surface area contributed by atoms with Crippen molar-refractivity contribution in [2.24, 2.45) is 0 Å². The van der Waals surface area contributed by atoms with E-state index in [0.717, 1.165) is 12.1 Å². The molecule has 0 bridgehead atoms. The van der Waals surface area contributed by atoms with Crippen LogP contribution in [0.15, 0.2) is 42.5 Å². The molecule has 0 fully saturated rings. The van der Waals surface area contributed by atoms with Gasteiger partial charge in [0.25, 0.3) is 0 Å². The molecule has 1 atom stereocenters. The predicted molar refractivity (Wildman–Crippen MR) is 88.2 cm³/mol. The van der Waals surface area contributed by atoms with Crippen LogP contribution in [0.1, 0.15) is 12.5 Å². The molecular formula is C18H16F2N2O3. The Kier molecular flexibility index (Phi) is 3.52. The van der Waals surface area contributed by atoms with Crippen molar-refractivity contribution in [2.75, 3.05) is 16.8 Å². The molecule has 5 nitrogen and oxygen atoms in total. The van der Waals surface area contributed by atoms with Crippen molar-refractivity contribution in [3.8, 4) is 11.5 Å². The van der Waals surface area contributed by atoms with Gasteiger partial charge in [0.1, 0.15) is 0 Å². The van der Waals surface area contributed by atoms with Crippen LogP contribution in [0.25, 0.3) is 0 Å². The van der Waals surface area contributed by atoms with Gasteiger partial charge in [-0.2, -0.15) is 0 Å². The number of hydrogen-bond donors (Lipinski definition) is 1. The van der Waals surface area contributed by atoms with Gasteiger partial charge in [-0.15, -0.1) is 8.78 Å². The number of ether oxygens (including phenoxy) is 2. The number of alkyl halides is 2. The number of amides is 1. The molecule has 0 aliphatic carbocycles. The Morgan fingerprint density at radius 1 is 1.24 bits per heavy atom. The fourth-order valence-electron chi connectivity index (χ4n) is 3.25. The Morgan fingerprint density at radius 2 is 2.00 bits per heavy atom. The van der Waals surface area contributed by atoms with Gasteiger partial charge in [-0.1, -0.05) is 18.2 Å². The van der Waals surface area contributed by atoms with Crippen molar-refractivity contribution in [1.29, 1.82) is 0 Å². The van der Waals surface area contributed by atoms with Gasteiger partial charge in [-0.3, -0.25) is 4.79 Å². The number of benzene rings is 2. The third kappa shape index (κ3) is 2.97. The average Bonchev–Trinajstić information content (AvgIpc) is 3.02. The number of anilines is 2. The highest BCUT2D eigenvalue weighted by Gasteiger charge is 2.43. The van der Waals surface area contributed by atoms with E-state index in [1.165, 1.54) is 23.8 Å². The van der Waals surface area contributed by atoms with Gasteiger partial charge in [0.05, 0.1) is 6.54 Å². The molecule has 0 saturated heterocycles. The minimum Gasteiger partial charge on any atom is -0.395 e. The van der Waals surface area contributed by atoms with Gasteiger partial charge < -0.3 is 19.7 Å². The molecule has 1 N–H and O–H groups in total. The summed E-state index contributed by atoms with van der Waals surface area (Å²) >= 11 is 0. The standard InChI is InChI=1S/C18H16F2N2O3/c1-11-8-12-4-2-3-5-14(12)22(11)10-17(23)21-13-6-7-15-16(9-13)25-18(19,20)24-15/h2-7,9,11H,8,10H2,1H3,(H,21,23)/t11-/m0/s1. The van der Waals surface area contributed by atoms with E-state index in [9.17, 15) is 13.6 Å². The lowest BCUT2D eigenvalue weighted by molar-refractivity contribution is -0.286. The van der Waals surface area contributed by atoms with Crippen molar-refractivity contribution >= 4 is 17.3 Å². The lowest BCUT2D eigenvalue weighted by Crippen LogP contribution is -2.37.